The largest absolute Gasteiger partial charge is 0.379 e. The van der Waals surface area contributed by atoms with E-state index < -0.39 is 0 Å². The number of benzene rings is 1. The molecule has 0 spiro atoms. The first-order chi connectivity index (χ1) is 12.0. The van der Waals surface area contributed by atoms with Crippen molar-refractivity contribution >= 4 is 41.5 Å². The van der Waals surface area contributed by atoms with Gasteiger partial charge in [0.1, 0.15) is 0 Å². The van der Waals surface area contributed by atoms with Crippen molar-refractivity contribution in [1.29, 1.82) is 0 Å². The Balaban J connectivity index is 0.00000338. The Morgan fingerprint density at radius 1 is 1.38 bits per heavy atom. The van der Waals surface area contributed by atoms with Crippen molar-refractivity contribution in [2.75, 3.05) is 32.8 Å². The molecule has 1 aliphatic rings. The molecule has 3 atom stereocenters. The van der Waals surface area contributed by atoms with E-state index >= 15 is 0 Å². The zero-order chi connectivity index (χ0) is 18.2. The van der Waals surface area contributed by atoms with Gasteiger partial charge in [-0.15, -0.1) is 24.0 Å². The molecule has 0 aromatic heterocycles. The highest BCUT2D eigenvalue weighted by Gasteiger charge is 2.23. The van der Waals surface area contributed by atoms with Crippen molar-refractivity contribution in [3.05, 3.63) is 34.9 Å². The number of halogens is 2. The number of nitrogens with zero attached hydrogens (tertiary/aromatic N) is 2. The fourth-order valence-electron chi connectivity index (χ4n) is 3.15. The van der Waals surface area contributed by atoms with Crippen LogP contribution in [0, 0.1) is 0 Å². The van der Waals surface area contributed by atoms with Gasteiger partial charge in [-0.2, -0.15) is 0 Å². The highest BCUT2D eigenvalue weighted by molar-refractivity contribution is 14.0. The quantitative estimate of drug-likeness (QED) is 0.360. The lowest BCUT2D eigenvalue weighted by Crippen LogP contribution is -2.49. The number of guanidine groups is 1. The van der Waals surface area contributed by atoms with Crippen LogP contribution in [0.2, 0.25) is 5.02 Å². The van der Waals surface area contributed by atoms with E-state index in [2.05, 4.69) is 43.2 Å². The van der Waals surface area contributed by atoms with Crippen molar-refractivity contribution < 1.29 is 4.74 Å². The van der Waals surface area contributed by atoms with E-state index in [1.165, 1.54) is 0 Å². The first-order valence-corrected chi connectivity index (χ1v) is 9.53. The molecule has 1 saturated heterocycles. The maximum absolute atomic E-state index is 6.31. The van der Waals surface area contributed by atoms with Crippen molar-refractivity contribution in [2.45, 2.75) is 45.8 Å². The van der Waals surface area contributed by atoms with Gasteiger partial charge in [0, 0.05) is 30.2 Å². The van der Waals surface area contributed by atoms with Crippen LogP contribution in [-0.4, -0.2) is 55.8 Å². The van der Waals surface area contributed by atoms with E-state index in [0.29, 0.717) is 12.1 Å². The lowest BCUT2D eigenvalue weighted by Gasteiger charge is -2.37. The maximum atomic E-state index is 6.31. The van der Waals surface area contributed by atoms with Gasteiger partial charge in [0.15, 0.2) is 5.96 Å². The number of hydrogen-bond acceptors (Lipinski definition) is 3. The van der Waals surface area contributed by atoms with Gasteiger partial charge in [-0.3, -0.25) is 9.89 Å². The third-order valence-electron chi connectivity index (χ3n) is 4.57. The Morgan fingerprint density at radius 3 is 2.77 bits per heavy atom. The molecule has 1 aliphatic heterocycles. The molecular formula is C19H32ClIN4O. The number of aliphatic imine (C=N–C) groups is 1. The third-order valence-corrected chi connectivity index (χ3v) is 4.91. The predicted octanol–water partition coefficient (Wildman–Crippen LogP) is 3.68. The van der Waals surface area contributed by atoms with Crippen molar-refractivity contribution in [1.82, 2.24) is 15.5 Å². The molecule has 1 aromatic carbocycles. The summed E-state index contributed by atoms with van der Waals surface area (Å²) >= 11 is 6.31. The van der Waals surface area contributed by atoms with Gasteiger partial charge in [0.2, 0.25) is 0 Å². The van der Waals surface area contributed by atoms with Crippen LogP contribution in [0.25, 0.3) is 0 Å². The summed E-state index contributed by atoms with van der Waals surface area (Å²) in [7, 11) is 0. The fraction of sp³-hybridized carbons (Fsp3) is 0.632. The summed E-state index contributed by atoms with van der Waals surface area (Å²) < 4.78 is 5.52. The molecule has 0 saturated carbocycles. The van der Waals surface area contributed by atoms with E-state index in [-0.39, 0.29) is 30.0 Å². The molecule has 148 valence electrons. The van der Waals surface area contributed by atoms with E-state index in [0.717, 1.165) is 49.4 Å². The molecule has 0 bridgehead atoms. The number of rotatable bonds is 6. The van der Waals surface area contributed by atoms with Crippen LogP contribution >= 0.6 is 35.6 Å². The average molecular weight is 495 g/mol. The lowest BCUT2D eigenvalue weighted by atomic mass is 10.1. The van der Waals surface area contributed by atoms with Crippen LogP contribution in [0.15, 0.2) is 29.3 Å². The van der Waals surface area contributed by atoms with Gasteiger partial charge in [0.05, 0.1) is 25.8 Å². The standard InChI is InChI=1S/C19H31ClN4O.HI/c1-5-21-19(23-16(4)17-8-6-7-9-18(17)20)22-12-14(2)24-10-11-25-13-15(24)3;/h6-9,14-16H,5,10-13H2,1-4H3,(H2,21,22,23);1H. The highest BCUT2D eigenvalue weighted by atomic mass is 127. The molecule has 1 heterocycles. The highest BCUT2D eigenvalue weighted by Crippen LogP contribution is 2.22. The number of morpholine rings is 1. The van der Waals surface area contributed by atoms with Crippen LogP contribution in [0.5, 0.6) is 0 Å². The Labute approximate surface area is 179 Å². The normalized spacial score (nSPS) is 20.8. The van der Waals surface area contributed by atoms with Crippen LogP contribution in [0.3, 0.4) is 0 Å². The topological polar surface area (TPSA) is 48.9 Å². The Hall–Kier alpha value is -0.570. The molecule has 7 heteroatoms. The first kappa shape index (κ1) is 23.5. The smallest absolute Gasteiger partial charge is 0.191 e. The molecule has 0 aliphatic carbocycles. The Morgan fingerprint density at radius 2 is 2.12 bits per heavy atom. The van der Waals surface area contributed by atoms with Gasteiger partial charge in [0.25, 0.3) is 0 Å². The Kier molecular flexibility index (Phi) is 10.8. The second kappa shape index (κ2) is 12.0. The first-order valence-electron chi connectivity index (χ1n) is 9.15. The third kappa shape index (κ3) is 6.87. The summed E-state index contributed by atoms with van der Waals surface area (Å²) in [5, 5.41) is 7.55. The molecule has 1 aromatic rings. The molecule has 3 unspecified atom stereocenters. The minimum Gasteiger partial charge on any atom is -0.379 e. The average Bonchev–Trinajstić information content (AvgIpc) is 2.60. The second-order valence-electron chi connectivity index (χ2n) is 6.62. The van der Waals surface area contributed by atoms with Crippen LogP contribution in [0.4, 0.5) is 0 Å². The van der Waals surface area contributed by atoms with E-state index in [4.69, 9.17) is 21.3 Å². The van der Waals surface area contributed by atoms with E-state index in [1.807, 2.05) is 24.3 Å². The summed E-state index contributed by atoms with van der Waals surface area (Å²) in [6.45, 7) is 12.8. The zero-order valence-corrected chi connectivity index (χ0v) is 19.3. The monoisotopic (exact) mass is 494 g/mol. The van der Waals surface area contributed by atoms with Crippen LogP contribution < -0.4 is 10.6 Å². The summed E-state index contributed by atoms with van der Waals surface area (Å²) in [6.07, 6.45) is 0. The molecule has 2 N–H and O–H groups in total. The minimum absolute atomic E-state index is 0. The summed E-state index contributed by atoms with van der Waals surface area (Å²) in [5.41, 5.74) is 1.07. The van der Waals surface area contributed by atoms with Crippen LogP contribution in [-0.2, 0) is 4.74 Å². The summed E-state index contributed by atoms with van der Waals surface area (Å²) in [4.78, 5) is 7.25. The second-order valence-corrected chi connectivity index (χ2v) is 7.03. The summed E-state index contributed by atoms with van der Waals surface area (Å²) in [6, 6.07) is 8.82. The van der Waals surface area contributed by atoms with E-state index in [9.17, 15) is 0 Å². The van der Waals surface area contributed by atoms with Crippen molar-refractivity contribution in [3.63, 3.8) is 0 Å². The fourth-order valence-corrected chi connectivity index (χ4v) is 3.45. The van der Waals surface area contributed by atoms with Gasteiger partial charge in [-0.05, 0) is 39.3 Å². The molecule has 5 nitrogen and oxygen atoms in total. The van der Waals surface area contributed by atoms with Gasteiger partial charge in [-0.25, -0.2) is 0 Å². The number of nitrogens with one attached hydrogen (secondary N) is 2. The van der Waals surface area contributed by atoms with Crippen molar-refractivity contribution in [2.24, 2.45) is 4.99 Å². The van der Waals surface area contributed by atoms with E-state index in [1.54, 1.807) is 0 Å². The molecule has 26 heavy (non-hydrogen) atoms. The number of hydrogen-bond donors (Lipinski definition) is 2. The van der Waals surface area contributed by atoms with Gasteiger partial charge >= 0.3 is 0 Å². The molecular weight excluding hydrogens is 463 g/mol. The molecule has 1 fully saturated rings. The minimum atomic E-state index is 0. The zero-order valence-electron chi connectivity index (χ0n) is 16.2. The lowest BCUT2D eigenvalue weighted by molar-refractivity contribution is -0.0165. The molecule has 0 amide bonds. The number of ether oxygens (including phenoxy) is 1. The van der Waals surface area contributed by atoms with Gasteiger partial charge < -0.3 is 15.4 Å². The Bertz CT molecular complexity index is 572. The SMILES string of the molecule is CCNC(=NCC(C)N1CCOCC1C)NC(C)c1ccccc1Cl.I. The summed E-state index contributed by atoms with van der Waals surface area (Å²) in [5.74, 6) is 0.822. The maximum Gasteiger partial charge on any atom is 0.191 e. The van der Waals surface area contributed by atoms with Crippen molar-refractivity contribution in [3.8, 4) is 0 Å². The predicted molar refractivity (Wildman–Crippen MR) is 121 cm³/mol. The molecule has 0 radical (unpaired) electrons. The molecule has 2 rings (SSSR count). The van der Waals surface area contributed by atoms with Crippen LogP contribution in [0.1, 0.15) is 39.3 Å². The van der Waals surface area contributed by atoms with Gasteiger partial charge in [-0.1, -0.05) is 29.8 Å².